The Hall–Kier alpha value is -2.35. The largest absolute Gasteiger partial charge is 0.477 e. The van der Waals surface area contributed by atoms with Crippen molar-refractivity contribution in [3.8, 4) is 5.88 Å². The van der Waals surface area contributed by atoms with Gasteiger partial charge in [0.1, 0.15) is 11.5 Å². The number of thiol groups is 1. The Bertz CT molecular complexity index is 1210. The number of pyridine rings is 1. The van der Waals surface area contributed by atoms with Gasteiger partial charge in [0.05, 0.1) is 12.3 Å². The summed E-state index contributed by atoms with van der Waals surface area (Å²) in [5.74, 6) is -0.596. The number of piperidine rings is 1. The number of ether oxygens (including phenoxy) is 1. The summed E-state index contributed by atoms with van der Waals surface area (Å²) in [5, 5.41) is 4.26. The van der Waals surface area contributed by atoms with Crippen molar-refractivity contribution in [2.75, 3.05) is 6.61 Å². The molecule has 0 bridgehead atoms. The Kier molecular flexibility index (Phi) is 7.19. The van der Waals surface area contributed by atoms with E-state index in [1.54, 1.807) is 24.3 Å². The maximum atomic E-state index is 13.7. The van der Waals surface area contributed by atoms with Gasteiger partial charge in [-0.15, -0.1) is 0 Å². The summed E-state index contributed by atoms with van der Waals surface area (Å²) in [6.07, 6.45) is 6.17. The molecule has 8 heteroatoms. The first-order chi connectivity index (χ1) is 17.0. The smallest absolute Gasteiger partial charge is 0.248 e. The minimum atomic E-state index is -1.14. The zero-order valence-electron chi connectivity index (χ0n) is 19.2. The third kappa shape index (κ3) is 4.61. The van der Waals surface area contributed by atoms with Crippen molar-refractivity contribution in [2.24, 2.45) is 5.92 Å². The Morgan fingerprint density at radius 1 is 1.09 bits per heavy atom. The molecule has 3 heterocycles. The first kappa shape index (κ1) is 24.3. The minimum absolute atomic E-state index is 0.0357. The molecule has 0 spiro atoms. The minimum Gasteiger partial charge on any atom is -0.477 e. The molecule has 2 atom stereocenters. The monoisotopic (exact) mass is 526 g/mol. The molecule has 1 aromatic carbocycles. The Balaban J connectivity index is 1.50. The summed E-state index contributed by atoms with van der Waals surface area (Å²) in [6.45, 7) is 0.624. The molecule has 0 N–H and O–H groups in total. The Morgan fingerprint density at radius 3 is 2.63 bits per heavy atom. The summed E-state index contributed by atoms with van der Waals surface area (Å²) < 4.78 is 7.47. The second-order valence-corrected chi connectivity index (χ2v) is 10.9. The summed E-state index contributed by atoms with van der Waals surface area (Å²) in [5.41, 5.74) is 0.721. The zero-order chi connectivity index (χ0) is 24.4. The van der Waals surface area contributed by atoms with Crippen molar-refractivity contribution in [3.63, 3.8) is 0 Å². The van der Waals surface area contributed by atoms with E-state index in [1.165, 1.54) is 47.7 Å². The number of benzene rings is 1. The van der Waals surface area contributed by atoms with Gasteiger partial charge in [0.2, 0.25) is 11.8 Å². The van der Waals surface area contributed by atoms with Gasteiger partial charge >= 0.3 is 0 Å². The van der Waals surface area contributed by atoms with Crippen molar-refractivity contribution >= 4 is 47.4 Å². The van der Waals surface area contributed by atoms with E-state index in [9.17, 15) is 9.59 Å². The van der Waals surface area contributed by atoms with Crippen LogP contribution in [0.5, 0.6) is 5.88 Å². The van der Waals surface area contributed by atoms with Crippen LogP contribution in [0.2, 0.25) is 5.02 Å². The van der Waals surface area contributed by atoms with Gasteiger partial charge in [-0.1, -0.05) is 67.9 Å². The molecule has 1 aliphatic carbocycles. The molecule has 2 unspecified atom stereocenters. The fourth-order valence-electron chi connectivity index (χ4n) is 5.25. The molecule has 1 saturated heterocycles. The van der Waals surface area contributed by atoms with E-state index in [1.807, 2.05) is 35.0 Å². The second kappa shape index (κ2) is 10.3. The van der Waals surface area contributed by atoms with Gasteiger partial charge in [-0.2, -0.15) is 11.3 Å². The first-order valence-corrected chi connectivity index (χ1v) is 13.7. The van der Waals surface area contributed by atoms with E-state index < -0.39 is 17.4 Å². The number of hydrogen-bond acceptors (Lipinski definition) is 6. The molecule has 35 heavy (non-hydrogen) atoms. The lowest BCUT2D eigenvalue weighted by Crippen LogP contribution is -2.54. The standard InChI is InChI=1S/C27H27ClN2O3S2/c28-21-10-5-4-9-20(21)25-22(31)15-27(30(34)26(25)32,19-13-14-35-17-19)23-11-6-12-24(29-23)33-16-18-7-2-1-3-8-18/h4-6,9-14,17-18,25,34H,1-3,7-8,15-16H2. The van der Waals surface area contributed by atoms with E-state index in [4.69, 9.17) is 34.1 Å². The van der Waals surface area contributed by atoms with Gasteiger partial charge in [-0.25, -0.2) is 4.98 Å². The summed E-state index contributed by atoms with van der Waals surface area (Å²) in [6, 6.07) is 14.4. The normalized spacial score (nSPS) is 23.5. The topological polar surface area (TPSA) is 59.5 Å². The predicted octanol–water partition coefficient (Wildman–Crippen LogP) is 6.43. The van der Waals surface area contributed by atoms with Crippen molar-refractivity contribution < 1.29 is 14.3 Å². The lowest BCUT2D eigenvalue weighted by Gasteiger charge is -2.45. The number of hydrogen-bond donors (Lipinski definition) is 1. The third-order valence-electron chi connectivity index (χ3n) is 7.12. The van der Waals surface area contributed by atoms with Crippen LogP contribution in [-0.4, -0.2) is 27.6 Å². The van der Waals surface area contributed by atoms with Crippen molar-refractivity contribution in [3.05, 3.63) is 81.1 Å². The molecule has 5 rings (SSSR count). The highest BCUT2D eigenvalue weighted by Gasteiger charge is 2.53. The number of nitrogens with zero attached hydrogens (tertiary/aromatic N) is 2. The van der Waals surface area contributed by atoms with Crippen LogP contribution in [0, 0.1) is 5.92 Å². The molecule has 182 valence electrons. The molecule has 2 aromatic heterocycles. The fraction of sp³-hybridized carbons (Fsp3) is 0.370. The number of halogens is 1. The van der Waals surface area contributed by atoms with Crippen LogP contribution in [0.4, 0.5) is 0 Å². The summed E-state index contributed by atoms with van der Waals surface area (Å²) in [7, 11) is 0. The number of thiophene rings is 1. The predicted molar refractivity (Wildman–Crippen MR) is 141 cm³/mol. The van der Waals surface area contributed by atoms with Crippen LogP contribution >= 0.6 is 35.8 Å². The molecule has 2 fully saturated rings. The van der Waals surface area contributed by atoms with Gasteiger partial charge in [0.15, 0.2) is 5.78 Å². The Labute approximate surface area is 220 Å². The van der Waals surface area contributed by atoms with E-state index in [0.717, 1.165) is 5.56 Å². The van der Waals surface area contributed by atoms with Gasteiger partial charge in [-0.3, -0.25) is 13.9 Å². The summed E-state index contributed by atoms with van der Waals surface area (Å²) >= 11 is 12.6. The zero-order valence-corrected chi connectivity index (χ0v) is 21.7. The molecular weight excluding hydrogens is 500 g/mol. The van der Waals surface area contributed by atoms with Crippen molar-refractivity contribution in [2.45, 2.75) is 50.0 Å². The highest BCUT2D eigenvalue weighted by atomic mass is 35.5. The number of aromatic nitrogens is 1. The van der Waals surface area contributed by atoms with Crippen LogP contribution in [0.1, 0.15) is 61.3 Å². The van der Waals surface area contributed by atoms with E-state index in [-0.39, 0.29) is 12.2 Å². The second-order valence-electron chi connectivity index (χ2n) is 9.30. The summed E-state index contributed by atoms with van der Waals surface area (Å²) in [4.78, 5) is 32.1. The SMILES string of the molecule is O=C1CC(c2ccsc2)(c2cccc(OCC3CCCCC3)n2)N(S)C(=O)C1c1ccccc1Cl. The van der Waals surface area contributed by atoms with Crippen molar-refractivity contribution in [1.29, 1.82) is 0 Å². The number of ketones is 1. The molecular formula is C27H27ClN2O3S2. The quantitative estimate of drug-likeness (QED) is 0.297. The highest BCUT2D eigenvalue weighted by molar-refractivity contribution is 7.78. The van der Waals surface area contributed by atoms with Crippen LogP contribution in [0.3, 0.4) is 0 Å². The van der Waals surface area contributed by atoms with E-state index in [2.05, 4.69) is 0 Å². The van der Waals surface area contributed by atoms with Crippen LogP contribution in [-0.2, 0) is 15.1 Å². The van der Waals surface area contributed by atoms with Crippen LogP contribution in [0.25, 0.3) is 0 Å². The molecule has 5 nitrogen and oxygen atoms in total. The van der Waals surface area contributed by atoms with Crippen molar-refractivity contribution in [1.82, 2.24) is 9.29 Å². The number of carbonyl (C=O) groups is 2. The maximum absolute atomic E-state index is 13.7. The van der Waals surface area contributed by atoms with Crippen LogP contribution in [0.15, 0.2) is 59.3 Å². The Morgan fingerprint density at radius 2 is 1.89 bits per heavy atom. The average Bonchev–Trinajstić information content (AvgIpc) is 3.42. The lowest BCUT2D eigenvalue weighted by molar-refractivity contribution is -0.142. The highest BCUT2D eigenvalue weighted by Crippen LogP contribution is 2.48. The molecule has 1 amide bonds. The fourth-order valence-corrected chi connectivity index (χ4v) is 6.62. The third-order valence-corrected chi connectivity index (χ3v) is 8.69. The van der Waals surface area contributed by atoms with Crippen LogP contribution < -0.4 is 4.74 Å². The number of carbonyl (C=O) groups excluding carboxylic acids is 2. The molecule has 2 aliphatic rings. The molecule has 0 radical (unpaired) electrons. The van der Waals surface area contributed by atoms with E-state index in [0.29, 0.717) is 34.7 Å². The van der Waals surface area contributed by atoms with Gasteiger partial charge in [-0.05, 0) is 58.8 Å². The number of Topliss-reactive ketones (excluding diaryl/α,β-unsaturated/α-hetero) is 1. The maximum Gasteiger partial charge on any atom is 0.248 e. The molecule has 1 aliphatic heterocycles. The number of rotatable bonds is 6. The lowest BCUT2D eigenvalue weighted by atomic mass is 9.75. The number of amides is 1. The first-order valence-electron chi connectivity index (χ1n) is 11.9. The van der Waals surface area contributed by atoms with Gasteiger partial charge < -0.3 is 4.74 Å². The molecule has 1 saturated carbocycles. The molecule has 3 aromatic rings. The van der Waals surface area contributed by atoms with Gasteiger partial charge in [0.25, 0.3) is 0 Å². The van der Waals surface area contributed by atoms with E-state index >= 15 is 0 Å². The van der Waals surface area contributed by atoms with Gasteiger partial charge in [0, 0.05) is 17.5 Å². The average molecular weight is 527 g/mol.